The van der Waals surface area contributed by atoms with Crippen LogP contribution in [0.5, 0.6) is 0 Å². The minimum absolute atomic E-state index is 0.123. The average molecular weight is 317 g/mol. The van der Waals surface area contributed by atoms with Gasteiger partial charge >= 0.3 is 10.1 Å². The summed E-state index contributed by atoms with van der Waals surface area (Å²) >= 11 is 0. The number of para-hydroxylation sites is 1. The monoisotopic (exact) mass is 317 g/mol. The maximum atomic E-state index is 11.2. The first-order valence-corrected chi connectivity index (χ1v) is 8.59. The molecule has 5 heteroatoms. The third-order valence-electron chi connectivity index (χ3n) is 3.21. The predicted octanol–water partition coefficient (Wildman–Crippen LogP) is 3.72. The molecule has 1 aromatic carbocycles. The van der Waals surface area contributed by atoms with Crippen molar-refractivity contribution in [1.29, 1.82) is 0 Å². The van der Waals surface area contributed by atoms with Gasteiger partial charge in [0.2, 0.25) is 0 Å². The zero-order valence-electron chi connectivity index (χ0n) is 12.7. The molecular formula is C17H19NO3S. The Morgan fingerprint density at radius 1 is 1.36 bits per heavy atom. The second-order valence-corrected chi connectivity index (χ2v) is 6.64. The van der Waals surface area contributed by atoms with Gasteiger partial charge in [0, 0.05) is 23.1 Å². The largest absolute Gasteiger partial charge is 0.383 e. The molecule has 0 N–H and O–H groups in total. The summed E-state index contributed by atoms with van der Waals surface area (Å²) in [4.78, 5) is 0. The Morgan fingerprint density at radius 2 is 2.05 bits per heavy atom. The highest BCUT2D eigenvalue weighted by Crippen LogP contribution is 2.23. The van der Waals surface area contributed by atoms with E-state index in [9.17, 15) is 8.42 Å². The molecule has 0 saturated heterocycles. The van der Waals surface area contributed by atoms with Gasteiger partial charge in [0.05, 0.1) is 6.26 Å². The molecule has 0 aliphatic carbocycles. The maximum Gasteiger partial charge on any atom is 0.306 e. The van der Waals surface area contributed by atoms with E-state index in [1.54, 1.807) is 6.92 Å². The van der Waals surface area contributed by atoms with E-state index in [-0.39, 0.29) is 5.76 Å². The Kier molecular flexibility index (Phi) is 4.56. The van der Waals surface area contributed by atoms with Gasteiger partial charge < -0.3 is 8.75 Å². The van der Waals surface area contributed by atoms with E-state index >= 15 is 0 Å². The Bertz CT molecular complexity index is 857. The molecule has 1 aromatic heterocycles. The smallest absolute Gasteiger partial charge is 0.306 e. The van der Waals surface area contributed by atoms with Crippen LogP contribution in [0.15, 0.2) is 60.9 Å². The summed E-state index contributed by atoms with van der Waals surface area (Å²) in [6.07, 6.45) is 4.68. The molecule has 0 fully saturated rings. The Hall–Kier alpha value is -2.27. The van der Waals surface area contributed by atoms with Gasteiger partial charge in [0.15, 0.2) is 0 Å². The van der Waals surface area contributed by atoms with Crippen LogP contribution in [0.2, 0.25) is 0 Å². The summed E-state index contributed by atoms with van der Waals surface area (Å²) in [7, 11) is -3.57. The molecule has 4 nitrogen and oxygen atoms in total. The molecule has 0 bridgehead atoms. The van der Waals surface area contributed by atoms with Crippen molar-refractivity contribution in [3.63, 3.8) is 0 Å². The van der Waals surface area contributed by atoms with Gasteiger partial charge in [-0.1, -0.05) is 30.9 Å². The highest BCUT2D eigenvalue weighted by atomic mass is 32.2. The quantitative estimate of drug-likeness (QED) is 0.353. The molecule has 1 heterocycles. The van der Waals surface area contributed by atoms with Crippen LogP contribution < -0.4 is 0 Å². The number of hydrogen-bond donors (Lipinski definition) is 0. The summed E-state index contributed by atoms with van der Waals surface area (Å²) in [5, 5.41) is 1.11. The first kappa shape index (κ1) is 16.1. The van der Waals surface area contributed by atoms with E-state index in [0.29, 0.717) is 12.1 Å². The van der Waals surface area contributed by atoms with Crippen LogP contribution >= 0.6 is 0 Å². The molecule has 0 aliphatic heterocycles. The minimum Gasteiger partial charge on any atom is -0.383 e. The van der Waals surface area contributed by atoms with Crippen molar-refractivity contribution >= 4 is 27.1 Å². The van der Waals surface area contributed by atoms with Gasteiger partial charge in [-0.2, -0.15) is 8.42 Å². The van der Waals surface area contributed by atoms with Crippen LogP contribution in [0.3, 0.4) is 0 Å². The van der Waals surface area contributed by atoms with Crippen LogP contribution in [-0.2, 0) is 20.8 Å². The number of fused-ring (bicyclic) bond motifs is 1. The van der Waals surface area contributed by atoms with E-state index < -0.39 is 10.1 Å². The van der Waals surface area contributed by atoms with Crippen molar-refractivity contribution in [3.05, 3.63) is 66.6 Å². The molecule has 2 rings (SSSR count). The molecule has 2 aromatic rings. The highest BCUT2D eigenvalue weighted by molar-refractivity contribution is 7.86. The normalized spacial score (nSPS) is 12.4. The number of aromatic nitrogens is 1. The molecule has 0 aliphatic rings. The zero-order chi connectivity index (χ0) is 16.3. The molecule has 116 valence electrons. The lowest BCUT2D eigenvalue weighted by molar-refractivity contribution is 0.422. The Balaban J connectivity index is 2.45. The number of allylic oxidation sites excluding steroid dienone is 2. The molecule has 0 atom stereocenters. The van der Waals surface area contributed by atoms with Crippen molar-refractivity contribution in [2.45, 2.75) is 13.5 Å². The predicted molar refractivity (Wildman–Crippen MR) is 90.9 cm³/mol. The summed E-state index contributed by atoms with van der Waals surface area (Å²) in [6.45, 7) is 9.88. The van der Waals surface area contributed by atoms with Crippen molar-refractivity contribution in [2.24, 2.45) is 0 Å². The second-order valence-electron chi connectivity index (χ2n) is 5.07. The number of benzene rings is 1. The van der Waals surface area contributed by atoms with Crippen LogP contribution in [0.25, 0.3) is 17.0 Å². The van der Waals surface area contributed by atoms with Crippen molar-refractivity contribution in [1.82, 2.24) is 4.57 Å². The van der Waals surface area contributed by atoms with E-state index in [1.807, 2.05) is 42.5 Å². The number of rotatable bonds is 6. The average Bonchev–Trinajstić information content (AvgIpc) is 2.75. The van der Waals surface area contributed by atoms with Gasteiger partial charge in [-0.05, 0) is 30.7 Å². The molecule has 0 saturated carbocycles. The van der Waals surface area contributed by atoms with Crippen LogP contribution in [-0.4, -0.2) is 19.2 Å². The molecule has 0 radical (unpaired) electrons. The lowest BCUT2D eigenvalue weighted by Gasteiger charge is -2.09. The zero-order valence-corrected chi connectivity index (χ0v) is 13.6. The van der Waals surface area contributed by atoms with Crippen LogP contribution in [0.1, 0.15) is 12.6 Å². The fourth-order valence-corrected chi connectivity index (χ4v) is 2.73. The lowest BCUT2D eigenvalue weighted by atomic mass is 10.2. The first-order chi connectivity index (χ1) is 10.3. The van der Waals surface area contributed by atoms with Crippen molar-refractivity contribution < 1.29 is 12.6 Å². The van der Waals surface area contributed by atoms with E-state index in [1.165, 1.54) is 0 Å². The van der Waals surface area contributed by atoms with Crippen LogP contribution in [0, 0.1) is 0 Å². The lowest BCUT2D eigenvalue weighted by Crippen LogP contribution is -2.03. The van der Waals surface area contributed by atoms with Gasteiger partial charge in [-0.15, -0.1) is 6.58 Å². The molecule has 0 spiro atoms. The van der Waals surface area contributed by atoms with Gasteiger partial charge in [-0.25, -0.2) is 0 Å². The standard InChI is InChI=1S/C17H19NO3S/c1-5-10-18-16(12-15-8-6-7-9-17(15)18)11-13(2)14(3)21-22(4,19)20/h5-9,11-12H,1,3,10H2,2,4H3/b13-11+. The molecule has 0 amide bonds. The SMILES string of the molecule is C=CCn1c(/C=C(\C)C(=C)OS(C)(=O)=O)cc2ccccc21. The second kappa shape index (κ2) is 6.23. The van der Waals surface area contributed by atoms with Gasteiger partial charge in [-0.3, -0.25) is 0 Å². The van der Waals surface area contributed by atoms with Gasteiger partial charge in [0.1, 0.15) is 5.76 Å². The van der Waals surface area contributed by atoms with Crippen molar-refractivity contribution in [2.75, 3.05) is 6.26 Å². The van der Waals surface area contributed by atoms with Crippen LogP contribution in [0.4, 0.5) is 0 Å². The van der Waals surface area contributed by atoms with E-state index in [2.05, 4.69) is 17.7 Å². The first-order valence-electron chi connectivity index (χ1n) is 6.78. The summed E-state index contributed by atoms with van der Waals surface area (Å²) in [5.41, 5.74) is 2.69. The number of hydrogen-bond acceptors (Lipinski definition) is 3. The summed E-state index contributed by atoms with van der Waals surface area (Å²) in [5.74, 6) is 0.123. The van der Waals surface area contributed by atoms with Crippen molar-refractivity contribution in [3.8, 4) is 0 Å². The third kappa shape index (κ3) is 3.68. The highest BCUT2D eigenvalue weighted by Gasteiger charge is 2.10. The molecule has 22 heavy (non-hydrogen) atoms. The summed E-state index contributed by atoms with van der Waals surface area (Å²) in [6, 6.07) is 10.1. The fourth-order valence-electron chi connectivity index (χ4n) is 2.23. The van der Waals surface area contributed by atoms with E-state index in [4.69, 9.17) is 4.18 Å². The summed E-state index contributed by atoms with van der Waals surface area (Å²) < 4.78 is 29.3. The third-order valence-corrected chi connectivity index (χ3v) is 3.71. The van der Waals surface area contributed by atoms with Gasteiger partial charge in [0.25, 0.3) is 0 Å². The topological polar surface area (TPSA) is 48.3 Å². The molecular weight excluding hydrogens is 298 g/mol. The maximum absolute atomic E-state index is 11.2. The Labute approximate surface area is 131 Å². The number of nitrogens with zero attached hydrogens (tertiary/aromatic N) is 1. The fraction of sp³-hybridized carbons (Fsp3) is 0.176. The van der Waals surface area contributed by atoms with E-state index in [0.717, 1.165) is 22.9 Å². The Morgan fingerprint density at radius 3 is 2.68 bits per heavy atom. The minimum atomic E-state index is -3.57. The molecule has 0 unspecified atom stereocenters.